The summed E-state index contributed by atoms with van der Waals surface area (Å²) in [5, 5.41) is 3.72. The van der Waals surface area contributed by atoms with Crippen molar-refractivity contribution in [2.75, 3.05) is 5.32 Å². The summed E-state index contributed by atoms with van der Waals surface area (Å²) in [5.41, 5.74) is 2.33. The van der Waals surface area contributed by atoms with E-state index >= 15 is 0 Å². The molecule has 23 heavy (non-hydrogen) atoms. The van der Waals surface area contributed by atoms with Gasteiger partial charge in [0.05, 0.1) is 5.52 Å². The van der Waals surface area contributed by atoms with Crippen molar-refractivity contribution in [3.63, 3.8) is 0 Å². The van der Waals surface area contributed by atoms with E-state index in [2.05, 4.69) is 5.32 Å². The Morgan fingerprint density at radius 1 is 1.17 bits per heavy atom. The largest absolute Gasteiger partial charge is 0.420 e. The number of aryl methyl sites for hydroxylation is 1. The number of anilines is 1. The van der Waals surface area contributed by atoms with Crippen LogP contribution in [0, 0.1) is 6.92 Å². The van der Waals surface area contributed by atoms with E-state index < -0.39 is 5.76 Å². The number of carbonyl (C=O) groups is 1. The van der Waals surface area contributed by atoms with Crippen molar-refractivity contribution in [1.29, 1.82) is 0 Å². The maximum absolute atomic E-state index is 12.2. The van der Waals surface area contributed by atoms with Crippen molar-refractivity contribution >= 4 is 45.9 Å². The monoisotopic (exact) mass is 350 g/mol. The van der Waals surface area contributed by atoms with Gasteiger partial charge in [0, 0.05) is 21.8 Å². The number of carbonyl (C=O) groups excluding carboxylic acids is 1. The number of benzene rings is 2. The second-order valence-electron chi connectivity index (χ2n) is 5.07. The van der Waals surface area contributed by atoms with Crippen molar-refractivity contribution in [3.8, 4) is 0 Å². The van der Waals surface area contributed by atoms with E-state index in [0.717, 1.165) is 5.56 Å². The van der Waals surface area contributed by atoms with Gasteiger partial charge >= 0.3 is 5.76 Å². The van der Waals surface area contributed by atoms with E-state index in [0.29, 0.717) is 26.8 Å². The molecule has 0 unspecified atom stereocenters. The van der Waals surface area contributed by atoms with Crippen LogP contribution in [0.4, 0.5) is 5.69 Å². The summed E-state index contributed by atoms with van der Waals surface area (Å²) in [5.74, 6) is -0.963. The van der Waals surface area contributed by atoms with Crippen molar-refractivity contribution in [1.82, 2.24) is 4.57 Å². The topological polar surface area (TPSA) is 64.2 Å². The fraction of sp³-hybridized carbons (Fsp3) is 0.125. The molecule has 2 aromatic carbocycles. The van der Waals surface area contributed by atoms with Gasteiger partial charge in [0.25, 0.3) is 0 Å². The van der Waals surface area contributed by atoms with Crippen LogP contribution in [-0.2, 0) is 11.3 Å². The van der Waals surface area contributed by atoms with Gasteiger partial charge in [-0.25, -0.2) is 4.79 Å². The molecule has 0 saturated carbocycles. The summed E-state index contributed by atoms with van der Waals surface area (Å²) >= 11 is 11.8. The lowest BCUT2D eigenvalue weighted by Gasteiger charge is -2.09. The Kier molecular flexibility index (Phi) is 4.15. The van der Waals surface area contributed by atoms with Crippen LogP contribution in [0.2, 0.25) is 10.0 Å². The zero-order valence-corrected chi connectivity index (χ0v) is 13.6. The Labute approximate surface area is 141 Å². The van der Waals surface area contributed by atoms with E-state index in [4.69, 9.17) is 27.6 Å². The first-order valence-electron chi connectivity index (χ1n) is 6.79. The first kappa shape index (κ1) is 15.6. The minimum Gasteiger partial charge on any atom is -0.408 e. The van der Waals surface area contributed by atoms with Gasteiger partial charge in [0.2, 0.25) is 5.91 Å². The van der Waals surface area contributed by atoms with E-state index in [1.165, 1.54) is 10.6 Å². The molecule has 7 heteroatoms. The second kappa shape index (κ2) is 6.10. The third-order valence-electron chi connectivity index (χ3n) is 3.41. The summed E-state index contributed by atoms with van der Waals surface area (Å²) in [4.78, 5) is 24.1. The molecule has 118 valence electrons. The van der Waals surface area contributed by atoms with E-state index in [1.54, 1.807) is 30.3 Å². The number of hydrogen-bond acceptors (Lipinski definition) is 3. The quantitative estimate of drug-likeness (QED) is 0.780. The third-order valence-corrected chi connectivity index (χ3v) is 3.88. The molecule has 0 radical (unpaired) electrons. The number of amides is 1. The summed E-state index contributed by atoms with van der Waals surface area (Å²) in [6.07, 6.45) is 0. The van der Waals surface area contributed by atoms with E-state index in [1.807, 2.05) is 6.92 Å². The smallest absolute Gasteiger partial charge is 0.408 e. The maximum atomic E-state index is 12.2. The summed E-state index contributed by atoms with van der Waals surface area (Å²) < 4.78 is 6.35. The number of aromatic nitrogens is 1. The molecule has 3 aromatic rings. The van der Waals surface area contributed by atoms with Crippen LogP contribution < -0.4 is 11.1 Å². The molecule has 0 atom stereocenters. The van der Waals surface area contributed by atoms with Gasteiger partial charge in [-0.2, -0.15) is 0 Å². The minimum absolute atomic E-state index is 0.167. The van der Waals surface area contributed by atoms with Crippen LogP contribution in [-0.4, -0.2) is 10.5 Å². The van der Waals surface area contributed by atoms with Gasteiger partial charge in [-0.15, -0.1) is 0 Å². The molecule has 0 aliphatic heterocycles. The van der Waals surface area contributed by atoms with Crippen LogP contribution in [0.1, 0.15) is 5.56 Å². The molecule has 0 aliphatic rings. The van der Waals surface area contributed by atoms with E-state index in [-0.39, 0.29) is 12.5 Å². The molecule has 0 spiro atoms. The highest BCUT2D eigenvalue weighted by atomic mass is 35.5. The predicted molar refractivity (Wildman–Crippen MR) is 90.3 cm³/mol. The molecule has 1 amide bonds. The highest BCUT2D eigenvalue weighted by molar-refractivity contribution is 6.31. The summed E-state index contributed by atoms with van der Waals surface area (Å²) in [6.45, 7) is 1.69. The summed E-state index contributed by atoms with van der Waals surface area (Å²) in [7, 11) is 0. The molecule has 0 saturated heterocycles. The number of oxazole rings is 1. The molecule has 0 fully saturated rings. The molecule has 0 bridgehead atoms. The average Bonchev–Trinajstić information content (AvgIpc) is 2.78. The van der Waals surface area contributed by atoms with Crippen molar-refractivity contribution in [2.45, 2.75) is 13.5 Å². The lowest BCUT2D eigenvalue weighted by molar-refractivity contribution is -0.116. The molecule has 0 aliphatic carbocycles. The van der Waals surface area contributed by atoms with Gasteiger partial charge in [-0.3, -0.25) is 9.36 Å². The Bertz CT molecular complexity index is 960. The number of fused-ring (bicyclic) bond motifs is 1. The Hall–Kier alpha value is -2.24. The van der Waals surface area contributed by atoms with Gasteiger partial charge in [0.15, 0.2) is 5.58 Å². The van der Waals surface area contributed by atoms with Gasteiger partial charge < -0.3 is 9.73 Å². The van der Waals surface area contributed by atoms with Crippen molar-refractivity contribution < 1.29 is 9.21 Å². The highest BCUT2D eigenvalue weighted by Gasteiger charge is 2.14. The van der Waals surface area contributed by atoms with Crippen LogP contribution in [0.5, 0.6) is 0 Å². The average molecular weight is 351 g/mol. The van der Waals surface area contributed by atoms with Crippen LogP contribution >= 0.6 is 23.2 Å². The number of rotatable bonds is 3. The fourth-order valence-corrected chi connectivity index (χ4v) is 2.59. The zero-order valence-electron chi connectivity index (χ0n) is 12.1. The Morgan fingerprint density at radius 2 is 1.87 bits per heavy atom. The molecule has 1 aromatic heterocycles. The normalized spacial score (nSPS) is 10.9. The molecular weight excluding hydrogens is 339 g/mol. The van der Waals surface area contributed by atoms with Crippen molar-refractivity contribution in [2.24, 2.45) is 0 Å². The zero-order chi connectivity index (χ0) is 16.6. The van der Waals surface area contributed by atoms with Gasteiger partial charge in [-0.1, -0.05) is 29.3 Å². The van der Waals surface area contributed by atoms with Crippen molar-refractivity contribution in [3.05, 3.63) is 62.6 Å². The molecule has 3 rings (SSSR count). The van der Waals surface area contributed by atoms with Crippen LogP contribution in [0.25, 0.3) is 11.1 Å². The van der Waals surface area contributed by atoms with Gasteiger partial charge in [-0.05, 0) is 36.8 Å². The highest BCUT2D eigenvalue weighted by Crippen LogP contribution is 2.21. The second-order valence-corrected chi connectivity index (χ2v) is 5.95. The number of hydrogen-bond donors (Lipinski definition) is 1. The minimum atomic E-state index is -0.611. The first-order valence-corrected chi connectivity index (χ1v) is 7.54. The fourth-order valence-electron chi connectivity index (χ4n) is 2.25. The number of nitrogens with zero attached hydrogens (tertiary/aromatic N) is 1. The predicted octanol–water partition coefficient (Wildman–Crippen LogP) is 3.85. The lowest BCUT2D eigenvalue weighted by Crippen LogP contribution is -2.25. The Balaban J connectivity index is 1.87. The SMILES string of the molecule is Cc1ccc(Cl)cc1NC(=O)Cn1c(=O)oc2cc(Cl)ccc21. The van der Waals surface area contributed by atoms with Crippen LogP contribution in [0.3, 0.4) is 0 Å². The summed E-state index contributed by atoms with van der Waals surface area (Å²) in [6, 6.07) is 10.0. The van der Waals surface area contributed by atoms with E-state index in [9.17, 15) is 9.59 Å². The maximum Gasteiger partial charge on any atom is 0.420 e. The number of halogens is 2. The molecular formula is C16H12Cl2N2O3. The standard InChI is InChI=1S/C16H12Cl2N2O3/c1-9-2-3-10(17)6-12(9)19-15(21)8-20-13-5-4-11(18)7-14(13)23-16(20)22/h2-7H,8H2,1H3,(H,19,21). The third kappa shape index (κ3) is 3.25. The van der Waals surface area contributed by atoms with Gasteiger partial charge in [0.1, 0.15) is 6.54 Å². The Morgan fingerprint density at radius 3 is 2.65 bits per heavy atom. The first-order chi connectivity index (χ1) is 10.9. The molecule has 1 heterocycles. The lowest BCUT2D eigenvalue weighted by atomic mass is 10.2. The molecule has 1 N–H and O–H groups in total. The number of nitrogens with one attached hydrogen (secondary N) is 1. The molecule has 5 nitrogen and oxygen atoms in total. The van der Waals surface area contributed by atoms with Crippen LogP contribution in [0.15, 0.2) is 45.6 Å².